The van der Waals surface area contributed by atoms with E-state index in [1.807, 2.05) is 6.08 Å². The first kappa shape index (κ1) is 14.1. The third-order valence-corrected chi connectivity index (χ3v) is 4.16. The van der Waals surface area contributed by atoms with Crippen LogP contribution in [0.15, 0.2) is 72.8 Å². The summed E-state index contributed by atoms with van der Waals surface area (Å²) in [7, 11) is 0. The normalized spacial score (nSPS) is 22.3. The molecule has 21 heavy (non-hydrogen) atoms. The molecule has 2 atom stereocenters. The largest absolute Gasteiger partial charge is 0.392 e. The molecule has 0 unspecified atom stereocenters. The van der Waals surface area contributed by atoms with E-state index in [0.29, 0.717) is 12.0 Å². The average molecular weight is 279 g/mol. The molecular formula is C19H21NO. The van der Waals surface area contributed by atoms with Crippen molar-refractivity contribution < 1.29 is 5.11 Å². The molecule has 2 aromatic rings. The summed E-state index contributed by atoms with van der Waals surface area (Å²) in [6, 6.07) is 21.6. The third kappa shape index (κ3) is 3.23. The maximum absolute atomic E-state index is 9.06. The second-order valence-corrected chi connectivity index (χ2v) is 5.53. The summed E-state index contributed by atoms with van der Waals surface area (Å²) in [4.78, 5) is 2.46. The van der Waals surface area contributed by atoms with Crippen molar-refractivity contribution in [2.45, 2.75) is 18.5 Å². The van der Waals surface area contributed by atoms with Crippen molar-refractivity contribution in [1.82, 2.24) is 4.90 Å². The zero-order chi connectivity index (χ0) is 14.5. The van der Waals surface area contributed by atoms with Crippen molar-refractivity contribution in [2.75, 3.05) is 13.2 Å². The van der Waals surface area contributed by atoms with Gasteiger partial charge in [-0.2, -0.15) is 0 Å². The van der Waals surface area contributed by atoms with Crippen LogP contribution in [0, 0.1) is 0 Å². The van der Waals surface area contributed by atoms with Gasteiger partial charge in [-0.1, -0.05) is 72.8 Å². The molecule has 1 N–H and O–H groups in total. The van der Waals surface area contributed by atoms with Crippen LogP contribution < -0.4 is 0 Å². The predicted octanol–water partition coefficient (Wildman–Crippen LogP) is 3.20. The smallest absolute Gasteiger partial charge is 0.0612 e. The lowest BCUT2D eigenvalue weighted by molar-refractivity contribution is 0.0839. The van der Waals surface area contributed by atoms with Gasteiger partial charge in [-0.05, 0) is 11.1 Å². The van der Waals surface area contributed by atoms with Crippen molar-refractivity contribution in [3.8, 4) is 0 Å². The van der Waals surface area contributed by atoms with Gasteiger partial charge in [-0.15, -0.1) is 0 Å². The second-order valence-electron chi connectivity index (χ2n) is 5.53. The van der Waals surface area contributed by atoms with E-state index in [9.17, 15) is 0 Å². The molecule has 2 heteroatoms. The maximum atomic E-state index is 9.06. The van der Waals surface area contributed by atoms with E-state index in [1.54, 1.807) is 0 Å². The Labute approximate surface area is 126 Å². The lowest BCUT2D eigenvalue weighted by Crippen LogP contribution is -2.52. The van der Waals surface area contributed by atoms with Gasteiger partial charge in [0.1, 0.15) is 0 Å². The topological polar surface area (TPSA) is 23.5 Å². The van der Waals surface area contributed by atoms with Crippen LogP contribution in [0.3, 0.4) is 0 Å². The summed E-state index contributed by atoms with van der Waals surface area (Å²) in [6.07, 6.45) is 4.00. The summed E-state index contributed by atoms with van der Waals surface area (Å²) in [5.74, 6) is 0.526. The lowest BCUT2D eigenvalue weighted by Gasteiger charge is -2.47. The molecule has 0 radical (unpaired) electrons. The van der Waals surface area contributed by atoms with Crippen LogP contribution in [0.2, 0.25) is 0 Å². The summed E-state index contributed by atoms with van der Waals surface area (Å²) in [5.41, 5.74) is 2.72. The molecule has 1 aliphatic rings. The maximum Gasteiger partial charge on any atom is 0.0612 e. The van der Waals surface area contributed by atoms with Crippen molar-refractivity contribution in [3.05, 3.63) is 83.9 Å². The summed E-state index contributed by atoms with van der Waals surface area (Å²) in [5, 5.41) is 9.06. The Kier molecular flexibility index (Phi) is 4.49. The van der Waals surface area contributed by atoms with E-state index in [4.69, 9.17) is 5.11 Å². The minimum Gasteiger partial charge on any atom is -0.392 e. The second kappa shape index (κ2) is 6.70. The van der Waals surface area contributed by atoms with Crippen LogP contribution in [0.4, 0.5) is 0 Å². The molecule has 1 saturated heterocycles. The first-order chi connectivity index (χ1) is 10.4. The van der Waals surface area contributed by atoms with Crippen molar-refractivity contribution in [1.29, 1.82) is 0 Å². The van der Waals surface area contributed by atoms with E-state index in [0.717, 1.165) is 13.1 Å². The molecule has 0 bridgehead atoms. The van der Waals surface area contributed by atoms with Gasteiger partial charge in [0.2, 0.25) is 0 Å². The first-order valence-electron chi connectivity index (χ1n) is 7.49. The van der Waals surface area contributed by atoms with Gasteiger partial charge in [-0.25, -0.2) is 0 Å². The molecule has 0 aromatic heterocycles. The fraction of sp³-hybridized carbons (Fsp3) is 0.263. The van der Waals surface area contributed by atoms with Gasteiger partial charge in [0.05, 0.1) is 6.61 Å². The molecule has 1 fully saturated rings. The Bertz CT molecular complexity index is 579. The molecule has 2 nitrogen and oxygen atoms in total. The molecule has 0 aliphatic carbocycles. The molecule has 1 aliphatic heterocycles. The van der Waals surface area contributed by atoms with Crippen LogP contribution in [0.5, 0.6) is 0 Å². The monoisotopic (exact) mass is 279 g/mol. The van der Waals surface area contributed by atoms with Crippen LogP contribution >= 0.6 is 0 Å². The molecule has 2 aromatic carbocycles. The number of likely N-dealkylation sites (tertiary alicyclic amines) is 1. The van der Waals surface area contributed by atoms with Gasteiger partial charge in [0.15, 0.2) is 0 Å². The number of aliphatic hydroxyl groups is 1. The zero-order valence-electron chi connectivity index (χ0n) is 12.1. The Balaban J connectivity index is 1.73. The molecule has 1 heterocycles. The summed E-state index contributed by atoms with van der Waals surface area (Å²) < 4.78 is 0. The molecule has 3 rings (SSSR count). The van der Waals surface area contributed by atoms with Gasteiger partial charge in [0.25, 0.3) is 0 Å². The highest BCUT2D eigenvalue weighted by Gasteiger charge is 2.37. The number of benzene rings is 2. The number of nitrogens with zero attached hydrogens (tertiary/aromatic N) is 1. The van der Waals surface area contributed by atoms with E-state index in [1.165, 1.54) is 11.1 Å². The standard InChI is InChI=1S/C19H21NO/c21-13-7-12-19-18(17-10-5-2-6-11-17)15-20(19)14-16-8-3-1-4-9-16/h1-12,18-19,21H,13-15H2/b12-7+/t18-,19-/m0/s1. The summed E-state index contributed by atoms with van der Waals surface area (Å²) in [6.45, 7) is 2.14. The fourth-order valence-corrected chi connectivity index (χ4v) is 3.05. The third-order valence-electron chi connectivity index (χ3n) is 4.16. The highest BCUT2D eigenvalue weighted by Crippen LogP contribution is 2.36. The average Bonchev–Trinajstić information content (AvgIpc) is 2.53. The van der Waals surface area contributed by atoms with Gasteiger partial charge < -0.3 is 5.11 Å². The number of hydrogen-bond acceptors (Lipinski definition) is 2. The van der Waals surface area contributed by atoms with Gasteiger partial charge in [0, 0.05) is 25.0 Å². The molecule has 0 spiro atoms. The van der Waals surface area contributed by atoms with Crippen LogP contribution in [-0.2, 0) is 6.54 Å². The quantitative estimate of drug-likeness (QED) is 0.850. The zero-order valence-corrected chi connectivity index (χ0v) is 12.1. The number of rotatable bonds is 5. The highest BCUT2D eigenvalue weighted by molar-refractivity contribution is 5.28. The minimum absolute atomic E-state index is 0.108. The Morgan fingerprint density at radius 3 is 2.33 bits per heavy atom. The Morgan fingerprint density at radius 1 is 1.00 bits per heavy atom. The van der Waals surface area contributed by atoms with Gasteiger partial charge >= 0.3 is 0 Å². The van der Waals surface area contributed by atoms with Crippen LogP contribution in [0.25, 0.3) is 0 Å². The number of aliphatic hydroxyl groups excluding tert-OH is 1. The fourth-order valence-electron chi connectivity index (χ4n) is 3.05. The van der Waals surface area contributed by atoms with Crippen LogP contribution in [0.1, 0.15) is 17.0 Å². The molecule has 0 saturated carbocycles. The summed E-state index contributed by atoms with van der Waals surface area (Å²) >= 11 is 0. The molecule has 108 valence electrons. The van der Waals surface area contributed by atoms with E-state index >= 15 is 0 Å². The van der Waals surface area contributed by atoms with Crippen molar-refractivity contribution in [3.63, 3.8) is 0 Å². The number of hydrogen-bond donors (Lipinski definition) is 1. The van der Waals surface area contributed by atoms with Gasteiger partial charge in [-0.3, -0.25) is 4.90 Å². The molecule has 0 amide bonds. The SMILES string of the molecule is OC/C=C/[C@H]1[C@H](c2ccccc2)CN1Cc1ccccc1. The molecular weight excluding hydrogens is 258 g/mol. The lowest BCUT2D eigenvalue weighted by atomic mass is 9.82. The predicted molar refractivity (Wildman–Crippen MR) is 86.0 cm³/mol. The van der Waals surface area contributed by atoms with Crippen molar-refractivity contribution in [2.24, 2.45) is 0 Å². The van der Waals surface area contributed by atoms with Crippen molar-refractivity contribution >= 4 is 0 Å². The Hall–Kier alpha value is -1.90. The van der Waals surface area contributed by atoms with E-state index in [-0.39, 0.29) is 6.61 Å². The van der Waals surface area contributed by atoms with E-state index < -0.39 is 0 Å². The Morgan fingerprint density at radius 2 is 1.67 bits per heavy atom. The minimum atomic E-state index is 0.108. The first-order valence-corrected chi connectivity index (χ1v) is 7.49. The van der Waals surface area contributed by atoms with E-state index in [2.05, 4.69) is 71.6 Å². The highest BCUT2D eigenvalue weighted by atomic mass is 16.2. The van der Waals surface area contributed by atoms with Crippen LogP contribution in [-0.4, -0.2) is 29.2 Å².